The average molecular weight is 497 g/mol. The van der Waals surface area contributed by atoms with Crippen molar-refractivity contribution < 1.29 is 17.6 Å². The number of benzene rings is 3. The van der Waals surface area contributed by atoms with E-state index in [-0.39, 0.29) is 35.0 Å². The predicted molar refractivity (Wildman–Crippen MR) is 130 cm³/mol. The maximum atomic E-state index is 13.7. The van der Waals surface area contributed by atoms with Crippen LogP contribution in [0.3, 0.4) is 0 Å². The van der Waals surface area contributed by atoms with Crippen molar-refractivity contribution in [3.05, 3.63) is 98.9 Å². The molecule has 180 valence electrons. The van der Waals surface area contributed by atoms with E-state index in [4.69, 9.17) is 0 Å². The van der Waals surface area contributed by atoms with Crippen LogP contribution in [0.15, 0.2) is 81.2 Å². The summed E-state index contributed by atoms with van der Waals surface area (Å²) in [6.45, 7) is 1.43. The first kappa shape index (κ1) is 23.9. The summed E-state index contributed by atoms with van der Waals surface area (Å²) in [6.07, 6.45) is -0.0385. The zero-order valence-corrected chi connectivity index (χ0v) is 19.4. The number of H-pyrrole nitrogens is 1. The van der Waals surface area contributed by atoms with Crippen LogP contribution < -0.4 is 21.3 Å². The third kappa shape index (κ3) is 5.14. The van der Waals surface area contributed by atoms with Crippen LogP contribution in [0.2, 0.25) is 0 Å². The van der Waals surface area contributed by atoms with Crippen LogP contribution in [0.25, 0.3) is 10.9 Å². The van der Waals surface area contributed by atoms with Crippen LogP contribution in [0.5, 0.6) is 0 Å². The molecule has 0 bridgehead atoms. The van der Waals surface area contributed by atoms with Crippen LogP contribution in [0.4, 0.5) is 15.8 Å². The standard InChI is InChI=1S/C24H21FN4O5S/c1-15-19(25)6-4-8-21(15)35(33,34)28-17-11-9-16(10-12-17)26-22(30)13-14-29-20-7-3-2-5-18(20)23(31)27-24(29)32/h2-12,28H,13-14H2,1H3,(H,26,30)(H,27,31,32). The number of fused-ring (bicyclic) bond motifs is 1. The predicted octanol–water partition coefficient (Wildman–Crippen LogP) is 2.97. The van der Waals surface area contributed by atoms with Crippen molar-refractivity contribution in [2.24, 2.45) is 0 Å². The van der Waals surface area contributed by atoms with Crippen molar-refractivity contribution in [1.82, 2.24) is 9.55 Å². The Balaban J connectivity index is 1.42. The van der Waals surface area contributed by atoms with E-state index in [1.165, 1.54) is 54.0 Å². The number of aromatic amines is 1. The molecule has 3 N–H and O–H groups in total. The van der Waals surface area contributed by atoms with Crippen LogP contribution in [-0.4, -0.2) is 23.9 Å². The summed E-state index contributed by atoms with van der Waals surface area (Å²) < 4.78 is 42.7. The van der Waals surface area contributed by atoms with Crippen LogP contribution in [0.1, 0.15) is 12.0 Å². The summed E-state index contributed by atoms with van der Waals surface area (Å²) in [5, 5.41) is 3.02. The highest BCUT2D eigenvalue weighted by molar-refractivity contribution is 7.92. The van der Waals surface area contributed by atoms with Crippen molar-refractivity contribution >= 4 is 38.2 Å². The Kier molecular flexibility index (Phi) is 6.52. The minimum atomic E-state index is -4.00. The van der Waals surface area contributed by atoms with Crippen molar-refractivity contribution in [3.8, 4) is 0 Å². The Hall–Kier alpha value is -4.25. The zero-order chi connectivity index (χ0) is 25.2. The zero-order valence-electron chi connectivity index (χ0n) is 18.5. The van der Waals surface area contributed by atoms with Gasteiger partial charge in [0, 0.05) is 29.9 Å². The molecule has 0 fully saturated rings. The van der Waals surface area contributed by atoms with Gasteiger partial charge in [-0.25, -0.2) is 17.6 Å². The summed E-state index contributed by atoms with van der Waals surface area (Å²) >= 11 is 0. The van der Waals surface area contributed by atoms with Gasteiger partial charge in [-0.2, -0.15) is 0 Å². The molecule has 4 rings (SSSR count). The molecule has 3 aromatic carbocycles. The van der Waals surface area contributed by atoms with Gasteiger partial charge < -0.3 is 5.32 Å². The van der Waals surface area contributed by atoms with Gasteiger partial charge in [-0.05, 0) is 55.5 Å². The SMILES string of the molecule is Cc1c(F)cccc1S(=O)(=O)Nc1ccc(NC(=O)CCn2c(=O)[nH]c(=O)c3ccccc32)cc1. The van der Waals surface area contributed by atoms with E-state index in [2.05, 4.69) is 15.0 Å². The number of anilines is 2. The molecule has 0 radical (unpaired) electrons. The highest BCUT2D eigenvalue weighted by Crippen LogP contribution is 2.22. The number of carbonyl (C=O) groups excluding carboxylic acids is 1. The molecule has 9 nitrogen and oxygen atoms in total. The molecule has 1 aromatic heterocycles. The Morgan fingerprint density at radius 3 is 2.40 bits per heavy atom. The van der Waals surface area contributed by atoms with E-state index in [0.717, 1.165) is 0 Å². The number of hydrogen-bond donors (Lipinski definition) is 3. The molecular formula is C24H21FN4O5S. The van der Waals surface area contributed by atoms with Crippen molar-refractivity contribution in [3.63, 3.8) is 0 Å². The molecule has 0 saturated heterocycles. The Morgan fingerprint density at radius 2 is 1.66 bits per heavy atom. The molecule has 1 heterocycles. The highest BCUT2D eigenvalue weighted by Gasteiger charge is 2.19. The normalized spacial score (nSPS) is 11.4. The summed E-state index contributed by atoms with van der Waals surface area (Å²) in [6, 6.07) is 16.4. The Bertz CT molecular complexity index is 1640. The number of para-hydroxylation sites is 1. The van der Waals surface area contributed by atoms with Gasteiger partial charge in [0.05, 0.1) is 15.8 Å². The monoisotopic (exact) mass is 496 g/mol. The fraction of sp³-hybridized carbons (Fsp3) is 0.125. The van der Waals surface area contributed by atoms with E-state index in [1.807, 2.05) is 0 Å². The van der Waals surface area contributed by atoms with Crippen molar-refractivity contribution in [1.29, 1.82) is 0 Å². The second-order valence-electron chi connectivity index (χ2n) is 7.77. The number of aromatic nitrogens is 2. The second kappa shape index (κ2) is 9.55. The second-order valence-corrected chi connectivity index (χ2v) is 9.42. The number of amides is 1. The van der Waals surface area contributed by atoms with E-state index < -0.39 is 27.1 Å². The first-order valence-corrected chi connectivity index (χ1v) is 12.0. The molecule has 0 unspecified atom stereocenters. The molecule has 0 aliphatic carbocycles. The van der Waals surface area contributed by atoms with E-state index in [9.17, 15) is 27.2 Å². The topological polar surface area (TPSA) is 130 Å². The van der Waals surface area contributed by atoms with Crippen LogP contribution in [0, 0.1) is 12.7 Å². The van der Waals surface area contributed by atoms with Gasteiger partial charge >= 0.3 is 5.69 Å². The fourth-order valence-electron chi connectivity index (χ4n) is 3.61. The van der Waals surface area contributed by atoms with Gasteiger partial charge in [0.1, 0.15) is 5.82 Å². The lowest BCUT2D eigenvalue weighted by atomic mass is 10.2. The van der Waals surface area contributed by atoms with E-state index in [0.29, 0.717) is 16.6 Å². The molecule has 35 heavy (non-hydrogen) atoms. The first-order valence-electron chi connectivity index (χ1n) is 10.6. The molecule has 11 heteroatoms. The quantitative estimate of drug-likeness (QED) is 0.362. The molecule has 0 saturated carbocycles. The molecule has 1 amide bonds. The molecular weight excluding hydrogens is 475 g/mol. The minimum Gasteiger partial charge on any atom is -0.326 e. The lowest BCUT2D eigenvalue weighted by Gasteiger charge is -2.12. The molecule has 0 aliphatic rings. The van der Waals surface area contributed by atoms with Gasteiger partial charge in [-0.1, -0.05) is 18.2 Å². The van der Waals surface area contributed by atoms with Crippen LogP contribution in [-0.2, 0) is 21.4 Å². The van der Waals surface area contributed by atoms with Crippen molar-refractivity contribution in [2.45, 2.75) is 24.8 Å². The fourth-order valence-corrected chi connectivity index (χ4v) is 4.93. The molecule has 0 aliphatic heterocycles. The summed E-state index contributed by atoms with van der Waals surface area (Å²) in [5.74, 6) is -1.00. The minimum absolute atomic E-state index is 0.0123. The number of aryl methyl sites for hydroxylation is 1. The summed E-state index contributed by atoms with van der Waals surface area (Å²) in [4.78, 5) is 38.7. The van der Waals surface area contributed by atoms with Gasteiger partial charge in [0.15, 0.2) is 0 Å². The Labute approximate surface area is 199 Å². The molecule has 0 atom stereocenters. The van der Waals surface area contributed by atoms with Crippen LogP contribution >= 0.6 is 0 Å². The van der Waals surface area contributed by atoms with E-state index >= 15 is 0 Å². The lowest BCUT2D eigenvalue weighted by Crippen LogP contribution is -2.31. The van der Waals surface area contributed by atoms with Crippen molar-refractivity contribution in [2.75, 3.05) is 10.0 Å². The Morgan fingerprint density at radius 1 is 0.971 bits per heavy atom. The lowest BCUT2D eigenvalue weighted by molar-refractivity contribution is -0.116. The third-order valence-corrected chi connectivity index (χ3v) is 6.92. The molecule has 0 spiro atoms. The number of nitrogens with one attached hydrogen (secondary N) is 3. The smallest absolute Gasteiger partial charge is 0.326 e. The highest BCUT2D eigenvalue weighted by atomic mass is 32.2. The number of halogens is 1. The maximum Gasteiger partial charge on any atom is 0.328 e. The first-order chi connectivity index (χ1) is 16.7. The van der Waals surface area contributed by atoms with Gasteiger partial charge in [-0.3, -0.25) is 23.9 Å². The number of hydrogen-bond acceptors (Lipinski definition) is 5. The third-order valence-electron chi connectivity index (χ3n) is 5.40. The average Bonchev–Trinajstić information content (AvgIpc) is 2.81. The summed E-state index contributed by atoms with van der Waals surface area (Å²) in [5.41, 5.74) is -0.00444. The number of carbonyl (C=O) groups is 1. The van der Waals surface area contributed by atoms with Gasteiger partial charge in [0.2, 0.25) is 5.91 Å². The number of nitrogens with zero attached hydrogens (tertiary/aromatic N) is 1. The maximum absolute atomic E-state index is 13.7. The summed E-state index contributed by atoms with van der Waals surface area (Å²) in [7, 11) is -4.00. The molecule has 4 aromatic rings. The van der Waals surface area contributed by atoms with Gasteiger partial charge in [0.25, 0.3) is 15.6 Å². The number of sulfonamides is 1. The largest absolute Gasteiger partial charge is 0.328 e. The number of rotatable bonds is 7. The van der Waals surface area contributed by atoms with Gasteiger partial charge in [-0.15, -0.1) is 0 Å². The van der Waals surface area contributed by atoms with E-state index in [1.54, 1.807) is 24.3 Å².